The SMILES string of the molecule is COCCc1ccccc1NC(C)CCCC(F)(F)F. The fourth-order valence-electron chi connectivity index (χ4n) is 2.04. The Morgan fingerprint density at radius 1 is 1.25 bits per heavy atom. The summed E-state index contributed by atoms with van der Waals surface area (Å²) in [6.07, 6.45) is -3.34. The van der Waals surface area contributed by atoms with Crippen LogP contribution < -0.4 is 5.32 Å². The maximum atomic E-state index is 12.1. The maximum absolute atomic E-state index is 12.1. The summed E-state index contributed by atoms with van der Waals surface area (Å²) in [5, 5.41) is 3.28. The van der Waals surface area contributed by atoms with Gasteiger partial charge in [0, 0.05) is 25.3 Å². The Hall–Kier alpha value is -1.23. The van der Waals surface area contributed by atoms with E-state index in [4.69, 9.17) is 4.74 Å². The van der Waals surface area contributed by atoms with Crippen molar-refractivity contribution < 1.29 is 17.9 Å². The summed E-state index contributed by atoms with van der Waals surface area (Å²) < 4.78 is 41.4. The molecular formula is C15H22F3NO. The highest BCUT2D eigenvalue weighted by molar-refractivity contribution is 5.51. The van der Waals surface area contributed by atoms with E-state index in [1.807, 2.05) is 31.2 Å². The second-order valence-corrected chi connectivity index (χ2v) is 4.95. The Morgan fingerprint density at radius 3 is 2.60 bits per heavy atom. The smallest absolute Gasteiger partial charge is 0.384 e. The van der Waals surface area contributed by atoms with E-state index < -0.39 is 12.6 Å². The summed E-state index contributed by atoms with van der Waals surface area (Å²) >= 11 is 0. The molecule has 0 aliphatic rings. The lowest BCUT2D eigenvalue weighted by Crippen LogP contribution is -2.18. The number of rotatable bonds is 8. The predicted octanol–water partition coefficient (Wildman–Crippen LogP) is 4.41. The quantitative estimate of drug-likeness (QED) is 0.765. The molecule has 20 heavy (non-hydrogen) atoms. The number of benzene rings is 1. The number of hydrogen-bond acceptors (Lipinski definition) is 2. The van der Waals surface area contributed by atoms with E-state index in [0.29, 0.717) is 13.0 Å². The molecule has 0 spiro atoms. The van der Waals surface area contributed by atoms with Crippen molar-refractivity contribution in [1.82, 2.24) is 0 Å². The number of ether oxygens (including phenoxy) is 1. The molecule has 0 aliphatic heterocycles. The monoisotopic (exact) mass is 289 g/mol. The largest absolute Gasteiger partial charge is 0.389 e. The normalized spacial score (nSPS) is 13.2. The summed E-state index contributed by atoms with van der Waals surface area (Å²) in [7, 11) is 1.65. The van der Waals surface area contributed by atoms with Gasteiger partial charge in [0.1, 0.15) is 0 Å². The van der Waals surface area contributed by atoms with Gasteiger partial charge in [-0.2, -0.15) is 13.2 Å². The highest BCUT2D eigenvalue weighted by Gasteiger charge is 2.26. The van der Waals surface area contributed by atoms with Gasteiger partial charge < -0.3 is 10.1 Å². The van der Waals surface area contributed by atoms with Crippen molar-refractivity contribution in [2.24, 2.45) is 0 Å². The van der Waals surface area contributed by atoms with E-state index in [9.17, 15) is 13.2 Å². The molecule has 1 aromatic rings. The second kappa shape index (κ2) is 8.15. The summed E-state index contributed by atoms with van der Waals surface area (Å²) in [5.41, 5.74) is 2.10. The van der Waals surface area contributed by atoms with Crippen LogP contribution in [-0.2, 0) is 11.2 Å². The third-order valence-corrected chi connectivity index (χ3v) is 3.09. The van der Waals surface area contributed by atoms with Crippen LogP contribution in [0.3, 0.4) is 0 Å². The van der Waals surface area contributed by atoms with Crippen LogP contribution in [0.2, 0.25) is 0 Å². The van der Waals surface area contributed by atoms with Crippen LogP contribution in [0.15, 0.2) is 24.3 Å². The minimum absolute atomic E-state index is 0.0149. The minimum Gasteiger partial charge on any atom is -0.384 e. The van der Waals surface area contributed by atoms with Gasteiger partial charge in [-0.3, -0.25) is 0 Å². The zero-order chi connectivity index (χ0) is 15.0. The third kappa shape index (κ3) is 6.80. The Balaban J connectivity index is 2.46. The van der Waals surface area contributed by atoms with Gasteiger partial charge >= 0.3 is 6.18 Å². The lowest BCUT2D eigenvalue weighted by molar-refractivity contribution is -0.135. The van der Waals surface area contributed by atoms with E-state index >= 15 is 0 Å². The molecule has 0 saturated heterocycles. The number of anilines is 1. The van der Waals surface area contributed by atoms with Gasteiger partial charge in [0.2, 0.25) is 0 Å². The zero-order valence-electron chi connectivity index (χ0n) is 12.0. The number of alkyl halides is 3. The molecule has 114 valence electrons. The molecule has 0 fully saturated rings. The fraction of sp³-hybridized carbons (Fsp3) is 0.600. The first-order valence-electron chi connectivity index (χ1n) is 6.82. The van der Waals surface area contributed by atoms with E-state index in [-0.39, 0.29) is 12.5 Å². The first kappa shape index (κ1) is 16.8. The van der Waals surface area contributed by atoms with Crippen molar-refractivity contribution in [2.75, 3.05) is 19.0 Å². The van der Waals surface area contributed by atoms with Crippen LogP contribution >= 0.6 is 0 Å². The van der Waals surface area contributed by atoms with E-state index in [2.05, 4.69) is 5.32 Å². The van der Waals surface area contributed by atoms with Crippen molar-refractivity contribution in [3.05, 3.63) is 29.8 Å². The molecule has 0 heterocycles. The van der Waals surface area contributed by atoms with Crippen molar-refractivity contribution in [3.8, 4) is 0 Å². The third-order valence-electron chi connectivity index (χ3n) is 3.09. The van der Waals surface area contributed by atoms with E-state index in [0.717, 1.165) is 17.7 Å². The molecule has 0 radical (unpaired) electrons. The van der Waals surface area contributed by atoms with E-state index in [1.165, 1.54) is 0 Å². The molecule has 0 bridgehead atoms. The number of nitrogens with one attached hydrogen (secondary N) is 1. The zero-order valence-corrected chi connectivity index (χ0v) is 12.0. The van der Waals surface area contributed by atoms with Gasteiger partial charge in [-0.1, -0.05) is 18.2 Å². The number of methoxy groups -OCH3 is 1. The number of halogens is 3. The van der Waals surface area contributed by atoms with Gasteiger partial charge in [0.25, 0.3) is 0 Å². The van der Waals surface area contributed by atoms with Crippen molar-refractivity contribution in [2.45, 2.75) is 44.8 Å². The van der Waals surface area contributed by atoms with Gasteiger partial charge in [-0.25, -0.2) is 0 Å². The molecule has 2 nitrogen and oxygen atoms in total. The Labute approximate surface area is 118 Å². The van der Waals surface area contributed by atoms with Crippen LogP contribution in [0.4, 0.5) is 18.9 Å². The van der Waals surface area contributed by atoms with Crippen molar-refractivity contribution in [1.29, 1.82) is 0 Å². The summed E-state index contributed by atoms with van der Waals surface area (Å²) in [6.45, 7) is 2.53. The highest BCUT2D eigenvalue weighted by atomic mass is 19.4. The molecule has 1 rings (SSSR count). The molecule has 1 atom stereocenters. The molecule has 1 unspecified atom stereocenters. The first-order chi connectivity index (χ1) is 9.42. The summed E-state index contributed by atoms with van der Waals surface area (Å²) in [5.74, 6) is 0. The Bertz CT molecular complexity index is 393. The molecular weight excluding hydrogens is 267 g/mol. The van der Waals surface area contributed by atoms with Crippen LogP contribution in [0.5, 0.6) is 0 Å². The van der Waals surface area contributed by atoms with Gasteiger partial charge in [-0.15, -0.1) is 0 Å². The van der Waals surface area contributed by atoms with Crippen LogP contribution in [0, 0.1) is 0 Å². The molecule has 1 N–H and O–H groups in total. The van der Waals surface area contributed by atoms with Gasteiger partial charge in [0.15, 0.2) is 0 Å². The fourth-order valence-corrected chi connectivity index (χ4v) is 2.04. The molecule has 0 aliphatic carbocycles. The Kier molecular flexibility index (Phi) is 6.85. The maximum Gasteiger partial charge on any atom is 0.389 e. The lowest BCUT2D eigenvalue weighted by atomic mass is 10.1. The van der Waals surface area contributed by atoms with Gasteiger partial charge in [0.05, 0.1) is 6.61 Å². The lowest BCUT2D eigenvalue weighted by Gasteiger charge is -2.18. The van der Waals surface area contributed by atoms with Crippen molar-refractivity contribution in [3.63, 3.8) is 0 Å². The summed E-state index contributed by atoms with van der Waals surface area (Å²) in [6, 6.07) is 7.83. The van der Waals surface area contributed by atoms with Gasteiger partial charge in [-0.05, 0) is 37.8 Å². The second-order valence-electron chi connectivity index (χ2n) is 4.95. The average Bonchev–Trinajstić information content (AvgIpc) is 2.36. The van der Waals surface area contributed by atoms with Crippen molar-refractivity contribution >= 4 is 5.69 Å². The summed E-state index contributed by atoms with van der Waals surface area (Å²) in [4.78, 5) is 0. The standard InChI is InChI=1S/C15H22F3NO/c1-12(6-5-10-15(16,17)18)19-14-8-4-3-7-13(14)9-11-20-2/h3-4,7-8,12,19H,5-6,9-11H2,1-2H3. The molecule has 0 amide bonds. The molecule has 1 aromatic carbocycles. The predicted molar refractivity (Wildman–Crippen MR) is 75.0 cm³/mol. The number of para-hydroxylation sites is 1. The van der Waals surface area contributed by atoms with Crippen LogP contribution in [-0.4, -0.2) is 25.9 Å². The first-order valence-corrected chi connectivity index (χ1v) is 6.82. The molecule has 0 saturated carbocycles. The van der Waals surface area contributed by atoms with E-state index in [1.54, 1.807) is 7.11 Å². The average molecular weight is 289 g/mol. The topological polar surface area (TPSA) is 21.3 Å². The number of hydrogen-bond donors (Lipinski definition) is 1. The molecule has 5 heteroatoms. The highest BCUT2D eigenvalue weighted by Crippen LogP contribution is 2.24. The minimum atomic E-state index is -4.06. The van der Waals surface area contributed by atoms with Crippen LogP contribution in [0.1, 0.15) is 31.7 Å². The Morgan fingerprint density at radius 2 is 1.95 bits per heavy atom. The molecule has 0 aromatic heterocycles. The van der Waals surface area contributed by atoms with Crippen LogP contribution in [0.25, 0.3) is 0 Å².